The van der Waals surface area contributed by atoms with Gasteiger partial charge in [0.2, 0.25) is 5.91 Å². The van der Waals surface area contributed by atoms with Gasteiger partial charge in [-0.05, 0) is 24.4 Å². The second kappa shape index (κ2) is 8.64. The van der Waals surface area contributed by atoms with Gasteiger partial charge < -0.3 is 19.9 Å². The number of carbonyl (C=O) groups is 2. The molecule has 2 aliphatic rings. The van der Waals surface area contributed by atoms with E-state index >= 15 is 0 Å². The number of ether oxygens (including phenoxy) is 1. The third kappa shape index (κ3) is 4.62. The van der Waals surface area contributed by atoms with Crippen LogP contribution in [0.3, 0.4) is 0 Å². The zero-order valence-corrected chi connectivity index (χ0v) is 15.7. The molecule has 142 valence electrons. The molecule has 0 radical (unpaired) electrons. The maximum absolute atomic E-state index is 13.2. The largest absolute Gasteiger partial charge is 0.356 e. The Morgan fingerprint density at radius 1 is 1.19 bits per heavy atom. The SMILES string of the molecule is CC(C)CN1CCCN(C(=O)[C@H]2OCC(=O)N[C@@H]2c2ccccc2)CC1. The van der Waals surface area contributed by atoms with Crippen molar-refractivity contribution in [2.45, 2.75) is 32.4 Å². The highest BCUT2D eigenvalue weighted by molar-refractivity contribution is 5.86. The molecule has 2 fully saturated rings. The lowest BCUT2D eigenvalue weighted by atomic mass is 9.98. The fourth-order valence-electron chi connectivity index (χ4n) is 3.76. The molecule has 2 saturated heterocycles. The van der Waals surface area contributed by atoms with Gasteiger partial charge >= 0.3 is 0 Å². The number of morpholine rings is 1. The normalized spacial score (nSPS) is 25.0. The van der Waals surface area contributed by atoms with Crippen molar-refractivity contribution < 1.29 is 14.3 Å². The van der Waals surface area contributed by atoms with Crippen LogP contribution < -0.4 is 5.32 Å². The Morgan fingerprint density at radius 3 is 2.69 bits per heavy atom. The number of rotatable bonds is 4. The van der Waals surface area contributed by atoms with Crippen molar-refractivity contribution in [3.63, 3.8) is 0 Å². The van der Waals surface area contributed by atoms with Crippen LogP contribution in [0.4, 0.5) is 0 Å². The van der Waals surface area contributed by atoms with E-state index in [2.05, 4.69) is 24.1 Å². The second-order valence-corrected chi connectivity index (χ2v) is 7.56. The van der Waals surface area contributed by atoms with E-state index < -0.39 is 12.1 Å². The number of nitrogens with one attached hydrogen (secondary N) is 1. The smallest absolute Gasteiger partial charge is 0.254 e. The number of hydrogen-bond acceptors (Lipinski definition) is 4. The van der Waals surface area contributed by atoms with Gasteiger partial charge in [0, 0.05) is 26.2 Å². The van der Waals surface area contributed by atoms with E-state index in [0.29, 0.717) is 12.5 Å². The van der Waals surface area contributed by atoms with Crippen LogP contribution in [0.15, 0.2) is 30.3 Å². The fraction of sp³-hybridized carbons (Fsp3) is 0.600. The highest BCUT2D eigenvalue weighted by atomic mass is 16.5. The summed E-state index contributed by atoms with van der Waals surface area (Å²) in [7, 11) is 0. The summed E-state index contributed by atoms with van der Waals surface area (Å²) < 4.78 is 5.69. The van der Waals surface area contributed by atoms with E-state index in [-0.39, 0.29) is 18.4 Å². The quantitative estimate of drug-likeness (QED) is 0.884. The Labute approximate surface area is 155 Å². The molecule has 6 heteroatoms. The van der Waals surface area contributed by atoms with Crippen LogP contribution in [0.2, 0.25) is 0 Å². The van der Waals surface area contributed by atoms with Gasteiger partial charge in [0.1, 0.15) is 6.61 Å². The van der Waals surface area contributed by atoms with Crippen molar-refractivity contribution in [3.8, 4) is 0 Å². The third-order valence-corrected chi connectivity index (χ3v) is 4.94. The van der Waals surface area contributed by atoms with E-state index in [0.717, 1.165) is 38.2 Å². The lowest BCUT2D eigenvalue weighted by Crippen LogP contribution is -2.53. The summed E-state index contributed by atoms with van der Waals surface area (Å²) in [6.45, 7) is 8.79. The van der Waals surface area contributed by atoms with Crippen LogP contribution in [0.5, 0.6) is 0 Å². The predicted molar refractivity (Wildman–Crippen MR) is 99.5 cm³/mol. The molecule has 6 nitrogen and oxygen atoms in total. The highest BCUT2D eigenvalue weighted by Crippen LogP contribution is 2.24. The molecule has 2 atom stereocenters. The molecule has 2 aliphatic heterocycles. The third-order valence-electron chi connectivity index (χ3n) is 4.94. The molecule has 2 amide bonds. The van der Waals surface area contributed by atoms with Gasteiger partial charge in [-0.1, -0.05) is 44.2 Å². The molecule has 2 heterocycles. The molecule has 26 heavy (non-hydrogen) atoms. The number of nitrogens with zero attached hydrogens (tertiary/aromatic N) is 2. The zero-order chi connectivity index (χ0) is 18.5. The van der Waals surface area contributed by atoms with Crippen LogP contribution in [0, 0.1) is 5.92 Å². The summed E-state index contributed by atoms with van der Waals surface area (Å²) in [5.41, 5.74) is 0.898. The van der Waals surface area contributed by atoms with Crippen molar-refractivity contribution in [2.75, 3.05) is 39.3 Å². The van der Waals surface area contributed by atoms with E-state index in [4.69, 9.17) is 4.74 Å². The molecule has 1 aromatic carbocycles. The molecule has 0 bridgehead atoms. The fourth-order valence-corrected chi connectivity index (χ4v) is 3.76. The highest BCUT2D eigenvalue weighted by Gasteiger charge is 2.38. The Kier molecular flexibility index (Phi) is 6.27. The molecule has 3 rings (SSSR count). The Bertz CT molecular complexity index is 620. The van der Waals surface area contributed by atoms with Gasteiger partial charge in [-0.2, -0.15) is 0 Å². The number of carbonyl (C=O) groups excluding carboxylic acids is 2. The minimum atomic E-state index is -0.660. The van der Waals surface area contributed by atoms with E-state index in [1.165, 1.54) is 0 Å². The van der Waals surface area contributed by atoms with Crippen molar-refractivity contribution in [1.82, 2.24) is 15.1 Å². The summed E-state index contributed by atoms with van der Waals surface area (Å²) in [6.07, 6.45) is 0.305. The first kappa shape index (κ1) is 18.9. The van der Waals surface area contributed by atoms with Crippen LogP contribution in [-0.4, -0.2) is 67.0 Å². The lowest BCUT2D eigenvalue weighted by molar-refractivity contribution is -0.155. The van der Waals surface area contributed by atoms with Gasteiger partial charge in [-0.3, -0.25) is 9.59 Å². The molecule has 1 aromatic rings. The minimum absolute atomic E-state index is 0.0229. The van der Waals surface area contributed by atoms with Crippen molar-refractivity contribution >= 4 is 11.8 Å². The van der Waals surface area contributed by atoms with Crippen LogP contribution >= 0.6 is 0 Å². The molecule has 0 saturated carbocycles. The molecule has 0 aromatic heterocycles. The van der Waals surface area contributed by atoms with Gasteiger partial charge in [0.25, 0.3) is 5.91 Å². The Morgan fingerprint density at radius 2 is 1.96 bits per heavy atom. The number of hydrogen-bond donors (Lipinski definition) is 1. The van der Waals surface area contributed by atoms with Gasteiger partial charge in [-0.15, -0.1) is 0 Å². The summed E-state index contributed by atoms with van der Waals surface area (Å²) in [4.78, 5) is 29.3. The van der Waals surface area contributed by atoms with Gasteiger partial charge in [-0.25, -0.2) is 0 Å². The van der Waals surface area contributed by atoms with E-state index in [1.54, 1.807) is 0 Å². The second-order valence-electron chi connectivity index (χ2n) is 7.56. The summed E-state index contributed by atoms with van der Waals surface area (Å²) in [5, 5.41) is 2.93. The molecule has 1 N–H and O–H groups in total. The molecule has 0 aliphatic carbocycles. The Balaban J connectivity index is 1.69. The zero-order valence-electron chi connectivity index (χ0n) is 15.7. The average Bonchev–Trinajstić information content (AvgIpc) is 2.87. The molecule has 0 unspecified atom stereocenters. The molecular formula is C20H29N3O3. The van der Waals surface area contributed by atoms with Crippen molar-refractivity contribution in [1.29, 1.82) is 0 Å². The Hall–Kier alpha value is -1.92. The lowest BCUT2D eigenvalue weighted by Gasteiger charge is -2.35. The number of benzene rings is 1. The van der Waals surface area contributed by atoms with E-state index in [1.807, 2.05) is 35.2 Å². The summed E-state index contributed by atoms with van der Waals surface area (Å²) >= 11 is 0. The standard InChI is InChI=1S/C20H29N3O3/c1-15(2)13-22-9-6-10-23(12-11-22)20(25)19-18(21-17(24)14-26-19)16-7-4-3-5-8-16/h3-5,7-8,15,18-19H,6,9-14H2,1-2H3,(H,21,24)/t18-,19+/m1/s1. The van der Waals surface area contributed by atoms with Crippen molar-refractivity contribution in [3.05, 3.63) is 35.9 Å². The predicted octanol–water partition coefficient (Wildman–Crippen LogP) is 1.43. The average molecular weight is 359 g/mol. The topological polar surface area (TPSA) is 61.9 Å². The summed E-state index contributed by atoms with van der Waals surface area (Å²) in [6, 6.07) is 9.16. The molecule has 0 spiro atoms. The first-order valence-corrected chi connectivity index (χ1v) is 9.51. The van der Waals surface area contributed by atoms with Crippen molar-refractivity contribution in [2.24, 2.45) is 5.92 Å². The van der Waals surface area contributed by atoms with Gasteiger partial charge in [0.05, 0.1) is 6.04 Å². The van der Waals surface area contributed by atoms with Crippen LogP contribution in [0.1, 0.15) is 31.9 Å². The van der Waals surface area contributed by atoms with Gasteiger partial charge in [0.15, 0.2) is 6.10 Å². The van der Waals surface area contributed by atoms with Crippen LogP contribution in [0.25, 0.3) is 0 Å². The maximum Gasteiger partial charge on any atom is 0.254 e. The first-order chi connectivity index (χ1) is 12.5. The monoisotopic (exact) mass is 359 g/mol. The minimum Gasteiger partial charge on any atom is -0.356 e. The van der Waals surface area contributed by atoms with E-state index in [9.17, 15) is 9.59 Å². The first-order valence-electron chi connectivity index (χ1n) is 9.51. The maximum atomic E-state index is 13.2. The van der Waals surface area contributed by atoms with Crippen LogP contribution in [-0.2, 0) is 14.3 Å². The summed E-state index contributed by atoms with van der Waals surface area (Å²) in [5.74, 6) is 0.420. The number of amides is 2. The molecular weight excluding hydrogens is 330 g/mol.